The lowest BCUT2D eigenvalue weighted by atomic mass is 9.95. The molecule has 1 aliphatic rings. The molecule has 7 nitrogen and oxygen atoms in total. The van der Waals surface area contributed by atoms with Crippen LogP contribution in [0.1, 0.15) is 39.0 Å². The van der Waals surface area contributed by atoms with Crippen LogP contribution in [0.5, 0.6) is 0 Å². The molecule has 0 unspecified atom stereocenters. The Labute approximate surface area is 191 Å². The van der Waals surface area contributed by atoms with Gasteiger partial charge in [0.2, 0.25) is 21.8 Å². The van der Waals surface area contributed by atoms with E-state index in [0.29, 0.717) is 11.4 Å². The number of nitrogens with zero attached hydrogens (tertiary/aromatic N) is 1. The van der Waals surface area contributed by atoms with Gasteiger partial charge in [0.15, 0.2) is 0 Å². The quantitative estimate of drug-likeness (QED) is 0.581. The maximum absolute atomic E-state index is 13.4. The van der Waals surface area contributed by atoms with Gasteiger partial charge >= 0.3 is 0 Å². The average Bonchev–Trinajstić information content (AvgIpc) is 2.74. The molecule has 0 aliphatic heterocycles. The van der Waals surface area contributed by atoms with Crippen molar-refractivity contribution in [3.05, 3.63) is 53.0 Å². The molecule has 0 heterocycles. The van der Waals surface area contributed by atoms with E-state index >= 15 is 0 Å². The van der Waals surface area contributed by atoms with E-state index in [1.54, 1.807) is 48.5 Å². The molecular formula is C22H26BrN3O4S. The number of rotatable bonds is 7. The van der Waals surface area contributed by atoms with E-state index in [-0.39, 0.29) is 23.4 Å². The fraction of sp³-hybridized carbons (Fsp3) is 0.364. The van der Waals surface area contributed by atoms with Crippen LogP contribution in [0.2, 0.25) is 0 Å². The van der Waals surface area contributed by atoms with Crippen molar-refractivity contribution in [2.45, 2.75) is 50.0 Å². The van der Waals surface area contributed by atoms with Gasteiger partial charge in [0, 0.05) is 28.8 Å². The lowest BCUT2D eigenvalue weighted by molar-refractivity contribution is -0.117. The van der Waals surface area contributed by atoms with Crippen LogP contribution in [-0.4, -0.2) is 37.1 Å². The zero-order chi connectivity index (χ0) is 22.4. The van der Waals surface area contributed by atoms with Gasteiger partial charge in [-0.15, -0.1) is 0 Å². The number of halogens is 1. The molecule has 1 aliphatic carbocycles. The van der Waals surface area contributed by atoms with E-state index in [1.807, 2.05) is 0 Å². The molecule has 2 amide bonds. The van der Waals surface area contributed by atoms with E-state index < -0.39 is 15.9 Å². The smallest absolute Gasteiger partial charge is 0.243 e. The summed E-state index contributed by atoms with van der Waals surface area (Å²) >= 11 is 3.33. The van der Waals surface area contributed by atoms with Crippen molar-refractivity contribution in [2.24, 2.45) is 0 Å². The Balaban J connectivity index is 1.77. The molecule has 2 N–H and O–H groups in total. The van der Waals surface area contributed by atoms with Crippen molar-refractivity contribution in [3.63, 3.8) is 0 Å². The summed E-state index contributed by atoms with van der Waals surface area (Å²) in [5.74, 6) is -0.586. The highest BCUT2D eigenvalue weighted by Crippen LogP contribution is 2.28. The van der Waals surface area contributed by atoms with Gasteiger partial charge in [0.25, 0.3) is 0 Å². The summed E-state index contributed by atoms with van der Waals surface area (Å²) in [6.07, 6.45) is 4.46. The van der Waals surface area contributed by atoms with Gasteiger partial charge in [0.1, 0.15) is 0 Å². The molecule has 0 bridgehead atoms. The van der Waals surface area contributed by atoms with Gasteiger partial charge < -0.3 is 10.6 Å². The second-order valence-corrected chi connectivity index (χ2v) is 10.4. The normalized spacial score (nSPS) is 14.9. The molecule has 0 spiro atoms. The summed E-state index contributed by atoms with van der Waals surface area (Å²) in [6.45, 7) is 1.16. The van der Waals surface area contributed by atoms with Crippen LogP contribution >= 0.6 is 15.9 Å². The molecule has 2 aromatic carbocycles. The fourth-order valence-corrected chi connectivity index (χ4v) is 5.61. The summed E-state index contributed by atoms with van der Waals surface area (Å²) in [5, 5.41) is 5.42. The SMILES string of the molecule is CC(=O)Nc1ccc(NC(=O)CN(C2CCCCC2)S(=O)(=O)c2ccc(Br)cc2)cc1. The number of nitrogens with one attached hydrogen (secondary N) is 2. The van der Waals surface area contributed by atoms with Crippen LogP contribution in [0.25, 0.3) is 0 Å². The lowest BCUT2D eigenvalue weighted by Crippen LogP contribution is -2.45. The number of benzene rings is 2. The number of carbonyl (C=O) groups is 2. The number of carbonyl (C=O) groups excluding carboxylic acids is 2. The molecule has 2 aromatic rings. The molecule has 9 heteroatoms. The molecule has 3 rings (SSSR count). The summed E-state index contributed by atoms with van der Waals surface area (Å²) in [6, 6.07) is 12.9. The highest BCUT2D eigenvalue weighted by atomic mass is 79.9. The standard InChI is InChI=1S/C22H26BrN3O4S/c1-16(27)24-18-9-11-19(12-10-18)25-22(28)15-26(20-5-3-2-4-6-20)31(29,30)21-13-7-17(23)8-14-21/h7-14,20H,2-6,15H2,1H3,(H,24,27)(H,25,28). The van der Waals surface area contributed by atoms with Crippen LogP contribution in [0.3, 0.4) is 0 Å². The molecule has 0 saturated heterocycles. The van der Waals surface area contributed by atoms with Crippen LogP contribution < -0.4 is 10.6 Å². The first-order valence-corrected chi connectivity index (χ1v) is 12.4. The highest BCUT2D eigenvalue weighted by molar-refractivity contribution is 9.10. The first-order valence-electron chi connectivity index (χ1n) is 10.2. The molecule has 0 atom stereocenters. The third-order valence-electron chi connectivity index (χ3n) is 5.19. The number of amides is 2. The molecular weight excluding hydrogens is 482 g/mol. The Kier molecular flexibility index (Phi) is 7.85. The first-order chi connectivity index (χ1) is 14.8. The molecule has 166 valence electrons. The van der Waals surface area contributed by atoms with Crippen molar-refractivity contribution >= 4 is 49.1 Å². The molecule has 0 radical (unpaired) electrons. The van der Waals surface area contributed by atoms with Crippen molar-refractivity contribution < 1.29 is 18.0 Å². The van der Waals surface area contributed by atoms with E-state index in [9.17, 15) is 18.0 Å². The zero-order valence-corrected chi connectivity index (χ0v) is 19.7. The Bertz CT molecular complexity index is 1020. The molecule has 0 aromatic heterocycles. The van der Waals surface area contributed by atoms with Gasteiger partial charge in [-0.2, -0.15) is 4.31 Å². The maximum Gasteiger partial charge on any atom is 0.243 e. The van der Waals surface area contributed by atoms with Gasteiger partial charge in [-0.25, -0.2) is 8.42 Å². The predicted molar refractivity (Wildman–Crippen MR) is 124 cm³/mol. The minimum absolute atomic E-state index is 0.175. The molecule has 1 saturated carbocycles. The second kappa shape index (κ2) is 10.4. The Morgan fingerprint density at radius 1 is 0.935 bits per heavy atom. The number of sulfonamides is 1. The summed E-state index contributed by atoms with van der Waals surface area (Å²) in [5.41, 5.74) is 1.15. The monoisotopic (exact) mass is 507 g/mol. The van der Waals surface area contributed by atoms with Gasteiger partial charge in [-0.3, -0.25) is 9.59 Å². The lowest BCUT2D eigenvalue weighted by Gasteiger charge is -2.33. The summed E-state index contributed by atoms with van der Waals surface area (Å²) in [4.78, 5) is 24.1. The van der Waals surface area contributed by atoms with E-state index in [4.69, 9.17) is 0 Å². The molecule has 31 heavy (non-hydrogen) atoms. The third kappa shape index (κ3) is 6.38. The number of hydrogen-bond donors (Lipinski definition) is 2. The molecule has 1 fully saturated rings. The van der Waals surface area contributed by atoms with E-state index in [1.165, 1.54) is 11.2 Å². The number of anilines is 2. The third-order valence-corrected chi connectivity index (χ3v) is 7.63. The van der Waals surface area contributed by atoms with Gasteiger partial charge in [-0.05, 0) is 61.4 Å². The van der Waals surface area contributed by atoms with Crippen LogP contribution in [0.15, 0.2) is 57.9 Å². The van der Waals surface area contributed by atoms with Gasteiger partial charge in [0.05, 0.1) is 11.4 Å². The van der Waals surface area contributed by atoms with Crippen molar-refractivity contribution in [3.8, 4) is 0 Å². The fourth-order valence-electron chi connectivity index (χ4n) is 3.70. The average molecular weight is 508 g/mol. The van der Waals surface area contributed by atoms with Crippen LogP contribution in [-0.2, 0) is 19.6 Å². The highest BCUT2D eigenvalue weighted by Gasteiger charge is 2.34. The van der Waals surface area contributed by atoms with Crippen molar-refractivity contribution in [1.82, 2.24) is 4.31 Å². The zero-order valence-electron chi connectivity index (χ0n) is 17.3. The minimum Gasteiger partial charge on any atom is -0.326 e. The van der Waals surface area contributed by atoms with Crippen molar-refractivity contribution in [2.75, 3.05) is 17.2 Å². The van der Waals surface area contributed by atoms with Gasteiger partial charge in [-0.1, -0.05) is 35.2 Å². The van der Waals surface area contributed by atoms with E-state index in [2.05, 4.69) is 26.6 Å². The Hall–Kier alpha value is -2.23. The Morgan fingerprint density at radius 3 is 2.03 bits per heavy atom. The number of hydrogen-bond acceptors (Lipinski definition) is 4. The second-order valence-electron chi connectivity index (χ2n) is 7.60. The van der Waals surface area contributed by atoms with Crippen LogP contribution in [0, 0.1) is 0 Å². The summed E-state index contributed by atoms with van der Waals surface area (Å²) in [7, 11) is -3.82. The topological polar surface area (TPSA) is 95.6 Å². The Morgan fingerprint density at radius 2 is 1.48 bits per heavy atom. The van der Waals surface area contributed by atoms with Crippen molar-refractivity contribution in [1.29, 1.82) is 0 Å². The first kappa shape index (κ1) is 23.4. The predicted octanol–water partition coefficient (Wildman–Crippen LogP) is 4.37. The minimum atomic E-state index is -3.82. The maximum atomic E-state index is 13.4. The summed E-state index contributed by atoms with van der Waals surface area (Å²) < 4.78 is 28.9. The van der Waals surface area contributed by atoms with Crippen LogP contribution in [0.4, 0.5) is 11.4 Å². The van der Waals surface area contributed by atoms with E-state index in [0.717, 1.165) is 36.6 Å². The largest absolute Gasteiger partial charge is 0.326 e.